The third-order valence-corrected chi connectivity index (χ3v) is 2.76. The van der Waals surface area contributed by atoms with Crippen molar-refractivity contribution in [2.45, 2.75) is 19.6 Å². The summed E-state index contributed by atoms with van der Waals surface area (Å²) in [6.07, 6.45) is -1.08. The molecule has 17 heavy (non-hydrogen) atoms. The Morgan fingerprint density at radius 3 is 2.76 bits per heavy atom. The molecule has 5 nitrogen and oxygen atoms in total. The zero-order valence-electron chi connectivity index (χ0n) is 9.42. The van der Waals surface area contributed by atoms with Crippen molar-refractivity contribution in [2.24, 2.45) is 0 Å². The molecule has 0 saturated carbocycles. The van der Waals surface area contributed by atoms with Crippen LogP contribution in [0.4, 0.5) is 4.79 Å². The smallest absolute Gasteiger partial charge is 0.408 e. The Hall–Kier alpha value is -2.04. The normalized spacial score (nSPS) is 17.7. The number of esters is 1. The van der Waals surface area contributed by atoms with Gasteiger partial charge in [-0.15, -0.1) is 0 Å². The van der Waals surface area contributed by atoms with E-state index in [0.717, 1.165) is 16.0 Å². The van der Waals surface area contributed by atoms with E-state index in [-0.39, 0.29) is 13.2 Å². The van der Waals surface area contributed by atoms with Crippen molar-refractivity contribution < 1.29 is 19.4 Å². The number of hydrogen-bond donors (Lipinski definition) is 1. The number of rotatable bonds is 3. The van der Waals surface area contributed by atoms with Crippen molar-refractivity contribution in [3.8, 4) is 0 Å². The lowest BCUT2D eigenvalue weighted by molar-refractivity contribution is -0.145. The first kappa shape index (κ1) is 11.4. The summed E-state index contributed by atoms with van der Waals surface area (Å²) >= 11 is 0. The van der Waals surface area contributed by atoms with E-state index in [1.54, 1.807) is 0 Å². The molecule has 1 heterocycles. The predicted molar refractivity (Wildman–Crippen MR) is 59.5 cm³/mol. The molecule has 1 aromatic rings. The largest absolute Gasteiger partial charge is 0.465 e. The van der Waals surface area contributed by atoms with Crippen LogP contribution >= 0.6 is 0 Å². The Labute approximate surface area is 98.6 Å². The summed E-state index contributed by atoms with van der Waals surface area (Å²) < 4.78 is 5.07. The van der Waals surface area contributed by atoms with Gasteiger partial charge in [0.1, 0.15) is 6.61 Å². The average Bonchev–Trinajstić information content (AvgIpc) is 3.07. The standard InChI is InChI=1S/C12H13NO4/c1-8-4-2-3-5-9(8)7-17-11(14)10-6-13(10)12(15)16/h2-5,10H,6-7H2,1H3,(H,15,16). The fourth-order valence-electron chi connectivity index (χ4n) is 1.57. The highest BCUT2D eigenvalue weighted by Gasteiger charge is 2.45. The number of hydrogen-bond acceptors (Lipinski definition) is 3. The average molecular weight is 235 g/mol. The number of nitrogens with zero attached hydrogens (tertiary/aromatic N) is 1. The molecule has 1 aliphatic rings. The zero-order valence-corrected chi connectivity index (χ0v) is 9.42. The minimum atomic E-state index is -1.08. The first-order chi connectivity index (χ1) is 8.09. The second-order valence-electron chi connectivity index (χ2n) is 3.98. The van der Waals surface area contributed by atoms with Gasteiger partial charge in [0.15, 0.2) is 6.04 Å². The minimum Gasteiger partial charge on any atom is -0.465 e. The summed E-state index contributed by atoms with van der Waals surface area (Å²) in [5.74, 6) is -0.476. The van der Waals surface area contributed by atoms with Crippen molar-refractivity contribution in [1.29, 1.82) is 0 Å². The molecular formula is C12H13NO4. The van der Waals surface area contributed by atoms with Gasteiger partial charge in [0.2, 0.25) is 0 Å². The molecule has 5 heteroatoms. The van der Waals surface area contributed by atoms with Gasteiger partial charge in [-0.2, -0.15) is 0 Å². The SMILES string of the molecule is Cc1ccccc1COC(=O)C1CN1C(=O)O. The molecule has 2 rings (SSSR count). The molecule has 1 fully saturated rings. The molecule has 1 unspecified atom stereocenters. The van der Waals surface area contributed by atoms with Gasteiger partial charge in [0.25, 0.3) is 0 Å². The molecule has 1 N–H and O–H groups in total. The third-order valence-electron chi connectivity index (χ3n) is 2.76. The van der Waals surface area contributed by atoms with E-state index in [0.29, 0.717) is 0 Å². The van der Waals surface area contributed by atoms with Gasteiger partial charge in [-0.3, -0.25) is 4.90 Å². The summed E-state index contributed by atoms with van der Waals surface area (Å²) in [6, 6.07) is 6.98. The maximum atomic E-state index is 11.5. The number of carbonyl (C=O) groups excluding carboxylic acids is 1. The van der Waals surface area contributed by atoms with Gasteiger partial charge < -0.3 is 9.84 Å². The molecular weight excluding hydrogens is 222 g/mol. The summed E-state index contributed by atoms with van der Waals surface area (Å²) in [5, 5.41) is 8.62. The Morgan fingerprint density at radius 2 is 2.18 bits per heavy atom. The highest BCUT2D eigenvalue weighted by atomic mass is 16.5. The van der Waals surface area contributed by atoms with Crippen LogP contribution in [-0.2, 0) is 16.1 Å². The van der Waals surface area contributed by atoms with E-state index >= 15 is 0 Å². The van der Waals surface area contributed by atoms with E-state index in [4.69, 9.17) is 9.84 Å². The van der Waals surface area contributed by atoms with Crippen molar-refractivity contribution in [1.82, 2.24) is 4.90 Å². The van der Waals surface area contributed by atoms with E-state index in [1.807, 2.05) is 31.2 Å². The Bertz CT molecular complexity index is 458. The minimum absolute atomic E-state index is 0.190. The lowest BCUT2D eigenvalue weighted by Crippen LogP contribution is -2.19. The number of carboxylic acid groups (broad SMARTS) is 1. The zero-order chi connectivity index (χ0) is 12.4. The Kier molecular flexibility index (Phi) is 2.99. The summed E-state index contributed by atoms with van der Waals surface area (Å²) in [4.78, 5) is 23.0. The molecule has 1 saturated heterocycles. The molecule has 0 radical (unpaired) electrons. The molecule has 0 spiro atoms. The number of aryl methyl sites for hydroxylation is 1. The molecule has 1 atom stereocenters. The van der Waals surface area contributed by atoms with Crippen molar-refractivity contribution in [3.05, 3.63) is 35.4 Å². The summed E-state index contributed by atoms with van der Waals surface area (Å²) in [6.45, 7) is 2.36. The van der Waals surface area contributed by atoms with Crippen molar-refractivity contribution >= 4 is 12.1 Å². The quantitative estimate of drug-likeness (QED) is 0.635. The van der Waals surface area contributed by atoms with Crippen LogP contribution in [-0.4, -0.2) is 34.7 Å². The van der Waals surface area contributed by atoms with Gasteiger partial charge in [0, 0.05) is 0 Å². The van der Waals surface area contributed by atoms with Gasteiger partial charge in [0.05, 0.1) is 6.54 Å². The maximum Gasteiger partial charge on any atom is 0.408 e. The fraction of sp³-hybridized carbons (Fsp3) is 0.333. The molecule has 0 bridgehead atoms. The Morgan fingerprint density at radius 1 is 1.47 bits per heavy atom. The second kappa shape index (κ2) is 4.45. The van der Waals surface area contributed by atoms with Gasteiger partial charge in [-0.1, -0.05) is 24.3 Å². The fourth-order valence-corrected chi connectivity index (χ4v) is 1.57. The molecule has 0 aliphatic carbocycles. The second-order valence-corrected chi connectivity index (χ2v) is 3.98. The van der Waals surface area contributed by atoms with E-state index in [1.165, 1.54) is 0 Å². The van der Waals surface area contributed by atoms with Crippen molar-refractivity contribution in [3.63, 3.8) is 0 Å². The number of ether oxygens (including phenoxy) is 1. The lowest BCUT2D eigenvalue weighted by atomic mass is 10.1. The maximum absolute atomic E-state index is 11.5. The van der Waals surface area contributed by atoms with E-state index < -0.39 is 18.1 Å². The molecule has 0 aromatic heterocycles. The molecule has 1 aromatic carbocycles. The van der Waals surface area contributed by atoms with Crippen LogP contribution in [0.25, 0.3) is 0 Å². The third kappa shape index (κ3) is 2.55. The predicted octanol–water partition coefficient (Wildman–Crippen LogP) is 1.40. The van der Waals surface area contributed by atoms with Crippen molar-refractivity contribution in [2.75, 3.05) is 6.54 Å². The highest BCUT2D eigenvalue weighted by Crippen LogP contribution is 2.19. The van der Waals surface area contributed by atoms with Gasteiger partial charge in [-0.25, -0.2) is 9.59 Å². The van der Waals surface area contributed by atoms with Crippen LogP contribution in [0.15, 0.2) is 24.3 Å². The van der Waals surface area contributed by atoms with E-state index in [9.17, 15) is 9.59 Å². The summed E-state index contributed by atoms with van der Waals surface area (Å²) in [7, 11) is 0. The van der Waals surface area contributed by atoms with Crippen LogP contribution in [0.1, 0.15) is 11.1 Å². The number of carbonyl (C=O) groups is 2. The highest BCUT2D eigenvalue weighted by molar-refractivity contribution is 5.86. The molecule has 1 amide bonds. The van der Waals surface area contributed by atoms with Crippen LogP contribution in [0.5, 0.6) is 0 Å². The first-order valence-corrected chi connectivity index (χ1v) is 5.30. The summed E-state index contributed by atoms with van der Waals surface area (Å²) in [5.41, 5.74) is 1.98. The number of benzene rings is 1. The molecule has 90 valence electrons. The lowest BCUT2D eigenvalue weighted by Gasteiger charge is -2.06. The van der Waals surface area contributed by atoms with Crippen LogP contribution in [0.2, 0.25) is 0 Å². The van der Waals surface area contributed by atoms with Crippen LogP contribution < -0.4 is 0 Å². The van der Waals surface area contributed by atoms with Gasteiger partial charge >= 0.3 is 12.1 Å². The van der Waals surface area contributed by atoms with E-state index in [2.05, 4.69) is 0 Å². The Balaban J connectivity index is 1.86. The monoisotopic (exact) mass is 235 g/mol. The van der Waals surface area contributed by atoms with Crippen LogP contribution in [0.3, 0.4) is 0 Å². The first-order valence-electron chi connectivity index (χ1n) is 5.30. The number of amides is 1. The molecule has 1 aliphatic heterocycles. The van der Waals surface area contributed by atoms with Gasteiger partial charge in [-0.05, 0) is 18.1 Å². The topological polar surface area (TPSA) is 66.6 Å². The van der Waals surface area contributed by atoms with Crippen LogP contribution in [0, 0.1) is 6.92 Å².